The summed E-state index contributed by atoms with van der Waals surface area (Å²) in [5, 5.41) is 3.54. The molecule has 1 aliphatic heterocycles. The second-order valence-corrected chi connectivity index (χ2v) is 7.04. The molecule has 0 radical (unpaired) electrons. The van der Waals surface area contributed by atoms with Gasteiger partial charge in [0.1, 0.15) is 0 Å². The van der Waals surface area contributed by atoms with E-state index >= 15 is 0 Å². The fraction of sp³-hybridized carbons (Fsp3) is 0.600. The maximum atomic E-state index is 3.58. The van der Waals surface area contributed by atoms with Crippen molar-refractivity contribution in [3.05, 3.63) is 34.3 Å². The Kier molecular flexibility index (Phi) is 3.94. The summed E-state index contributed by atoms with van der Waals surface area (Å²) in [4.78, 5) is 0. The number of hydrogen-bond acceptors (Lipinski definition) is 1. The second kappa shape index (κ2) is 5.11. The lowest BCUT2D eigenvalue weighted by molar-refractivity contribution is 0.160. The van der Waals surface area contributed by atoms with E-state index in [0.717, 1.165) is 19.0 Å². The summed E-state index contributed by atoms with van der Waals surface area (Å²) in [6.45, 7) is 9.38. The Morgan fingerprint density at radius 1 is 1.29 bits per heavy atom. The molecule has 1 aromatic carbocycles. The topological polar surface area (TPSA) is 12.0 Å². The Morgan fingerprint density at radius 3 is 2.71 bits per heavy atom. The molecule has 0 aliphatic carbocycles. The number of piperidine rings is 1. The van der Waals surface area contributed by atoms with E-state index in [0.29, 0.717) is 11.3 Å². The van der Waals surface area contributed by atoms with Crippen molar-refractivity contribution in [1.82, 2.24) is 5.32 Å². The highest BCUT2D eigenvalue weighted by Gasteiger charge is 2.34. The lowest BCUT2D eigenvalue weighted by Crippen LogP contribution is -2.40. The van der Waals surface area contributed by atoms with Crippen LogP contribution < -0.4 is 5.32 Å². The van der Waals surface area contributed by atoms with E-state index in [-0.39, 0.29) is 0 Å². The number of hydrogen-bond donors (Lipinski definition) is 1. The van der Waals surface area contributed by atoms with E-state index in [1.807, 2.05) is 0 Å². The Balaban J connectivity index is 2.28. The van der Waals surface area contributed by atoms with Crippen molar-refractivity contribution in [2.45, 2.75) is 33.1 Å². The van der Waals surface area contributed by atoms with Gasteiger partial charge in [0.05, 0.1) is 0 Å². The molecule has 1 N–H and O–H groups in total. The molecule has 2 atom stereocenters. The van der Waals surface area contributed by atoms with E-state index in [9.17, 15) is 0 Å². The number of rotatable bonds is 1. The van der Waals surface area contributed by atoms with Crippen molar-refractivity contribution in [2.24, 2.45) is 11.3 Å². The highest BCUT2D eigenvalue weighted by Crippen LogP contribution is 2.41. The molecule has 0 spiro atoms. The molecule has 94 valence electrons. The molecule has 1 aromatic rings. The van der Waals surface area contributed by atoms with Crippen molar-refractivity contribution in [1.29, 1.82) is 0 Å². The molecule has 0 bridgehead atoms. The van der Waals surface area contributed by atoms with Crippen molar-refractivity contribution >= 4 is 15.9 Å². The van der Waals surface area contributed by atoms with Crippen LogP contribution in [0, 0.1) is 11.3 Å². The standard InChI is InChI=1S/C15H22BrN/c1-15(2,3)14-7-8-17-10-13(14)11-5-4-6-12(16)9-11/h4-6,9,13-14,17H,7-8,10H2,1-3H3. The SMILES string of the molecule is CC(C)(C)C1CCNCC1c1cccc(Br)c1. The van der Waals surface area contributed by atoms with Crippen molar-refractivity contribution in [3.8, 4) is 0 Å². The van der Waals surface area contributed by atoms with E-state index < -0.39 is 0 Å². The summed E-state index contributed by atoms with van der Waals surface area (Å²) < 4.78 is 1.19. The third kappa shape index (κ3) is 3.11. The van der Waals surface area contributed by atoms with Gasteiger partial charge in [-0.3, -0.25) is 0 Å². The van der Waals surface area contributed by atoms with Crippen molar-refractivity contribution in [3.63, 3.8) is 0 Å². The molecular weight excluding hydrogens is 274 g/mol. The van der Waals surface area contributed by atoms with Gasteiger partial charge in [-0.1, -0.05) is 48.8 Å². The lowest BCUT2D eigenvalue weighted by atomic mass is 9.68. The average Bonchev–Trinajstić information content (AvgIpc) is 2.28. The molecule has 2 rings (SSSR count). The van der Waals surface area contributed by atoms with Gasteiger partial charge in [-0.05, 0) is 47.9 Å². The van der Waals surface area contributed by atoms with Crippen LogP contribution in [0.15, 0.2) is 28.7 Å². The van der Waals surface area contributed by atoms with Gasteiger partial charge in [-0.25, -0.2) is 0 Å². The Morgan fingerprint density at radius 2 is 2.06 bits per heavy atom. The van der Waals surface area contributed by atoms with Gasteiger partial charge in [0.2, 0.25) is 0 Å². The third-order valence-electron chi connectivity index (χ3n) is 3.87. The van der Waals surface area contributed by atoms with Gasteiger partial charge >= 0.3 is 0 Å². The quantitative estimate of drug-likeness (QED) is 0.819. The molecule has 2 unspecified atom stereocenters. The monoisotopic (exact) mass is 295 g/mol. The summed E-state index contributed by atoms with van der Waals surface area (Å²) in [6, 6.07) is 8.79. The van der Waals surface area contributed by atoms with Crippen LogP contribution >= 0.6 is 15.9 Å². The zero-order valence-electron chi connectivity index (χ0n) is 11.0. The Bertz CT molecular complexity index is 381. The van der Waals surface area contributed by atoms with Crippen LogP contribution in [-0.4, -0.2) is 13.1 Å². The molecule has 0 amide bonds. The highest BCUT2D eigenvalue weighted by atomic mass is 79.9. The Hall–Kier alpha value is -0.340. The fourth-order valence-corrected chi connectivity index (χ4v) is 3.40. The van der Waals surface area contributed by atoms with Crippen molar-refractivity contribution < 1.29 is 0 Å². The molecule has 2 heteroatoms. The molecule has 17 heavy (non-hydrogen) atoms. The molecule has 1 saturated heterocycles. The predicted molar refractivity (Wildman–Crippen MR) is 77.3 cm³/mol. The average molecular weight is 296 g/mol. The molecule has 0 aromatic heterocycles. The van der Waals surface area contributed by atoms with Crippen molar-refractivity contribution in [2.75, 3.05) is 13.1 Å². The molecule has 1 fully saturated rings. The largest absolute Gasteiger partial charge is 0.316 e. The maximum absolute atomic E-state index is 3.58. The van der Waals surface area contributed by atoms with Crippen LogP contribution in [0.4, 0.5) is 0 Å². The number of nitrogens with one attached hydrogen (secondary N) is 1. The summed E-state index contributed by atoms with van der Waals surface area (Å²) in [5.74, 6) is 1.40. The lowest BCUT2D eigenvalue weighted by Gasteiger charge is -2.41. The second-order valence-electron chi connectivity index (χ2n) is 6.13. The molecule has 1 heterocycles. The molecular formula is C15H22BrN. The van der Waals surface area contributed by atoms with Crippen LogP contribution in [0.3, 0.4) is 0 Å². The van der Waals surface area contributed by atoms with Crippen LogP contribution in [-0.2, 0) is 0 Å². The van der Waals surface area contributed by atoms with Crippen LogP contribution in [0.5, 0.6) is 0 Å². The normalized spacial score (nSPS) is 25.9. The van der Waals surface area contributed by atoms with E-state index in [1.165, 1.54) is 16.5 Å². The smallest absolute Gasteiger partial charge is 0.0178 e. The molecule has 1 nitrogen and oxygen atoms in total. The van der Waals surface area contributed by atoms with Gasteiger partial charge in [0.15, 0.2) is 0 Å². The van der Waals surface area contributed by atoms with E-state index in [2.05, 4.69) is 66.3 Å². The Labute approximate surface area is 113 Å². The zero-order valence-corrected chi connectivity index (χ0v) is 12.5. The minimum Gasteiger partial charge on any atom is -0.316 e. The number of halogens is 1. The first-order chi connectivity index (χ1) is 7.98. The minimum absolute atomic E-state index is 0.384. The van der Waals surface area contributed by atoms with Gasteiger partial charge in [-0.15, -0.1) is 0 Å². The van der Waals surface area contributed by atoms with E-state index in [1.54, 1.807) is 0 Å². The number of benzene rings is 1. The summed E-state index contributed by atoms with van der Waals surface area (Å²) in [7, 11) is 0. The highest BCUT2D eigenvalue weighted by molar-refractivity contribution is 9.10. The first-order valence-corrected chi connectivity index (χ1v) is 7.24. The summed E-state index contributed by atoms with van der Waals surface area (Å²) in [6.07, 6.45) is 1.28. The van der Waals surface area contributed by atoms with Crippen LogP contribution in [0.1, 0.15) is 38.7 Å². The van der Waals surface area contributed by atoms with Gasteiger partial charge in [0.25, 0.3) is 0 Å². The first kappa shape index (κ1) is 13.1. The minimum atomic E-state index is 0.384. The first-order valence-electron chi connectivity index (χ1n) is 6.44. The molecule has 1 aliphatic rings. The third-order valence-corrected chi connectivity index (χ3v) is 4.36. The zero-order chi connectivity index (χ0) is 12.5. The fourth-order valence-electron chi connectivity index (χ4n) is 2.98. The van der Waals surface area contributed by atoms with Gasteiger partial charge < -0.3 is 5.32 Å². The molecule has 0 saturated carbocycles. The van der Waals surface area contributed by atoms with Crippen LogP contribution in [0.2, 0.25) is 0 Å². The van der Waals surface area contributed by atoms with Crippen LogP contribution in [0.25, 0.3) is 0 Å². The predicted octanol–water partition coefficient (Wildman–Crippen LogP) is 4.19. The summed E-state index contributed by atoms with van der Waals surface area (Å²) in [5.41, 5.74) is 1.85. The van der Waals surface area contributed by atoms with Gasteiger partial charge in [0, 0.05) is 11.0 Å². The maximum Gasteiger partial charge on any atom is 0.0178 e. The summed E-state index contributed by atoms with van der Waals surface area (Å²) >= 11 is 3.58. The van der Waals surface area contributed by atoms with E-state index in [4.69, 9.17) is 0 Å². The van der Waals surface area contributed by atoms with Gasteiger partial charge in [-0.2, -0.15) is 0 Å².